The number of pyridine rings is 1. The second kappa shape index (κ2) is 3.87. The number of hydrogen-bond acceptors (Lipinski definition) is 2. The Morgan fingerprint density at radius 1 is 0.950 bits per heavy atom. The van der Waals surface area contributed by atoms with E-state index in [-0.39, 0.29) is 5.56 Å². The minimum atomic E-state index is -0.103. The number of aromatic amines is 2. The van der Waals surface area contributed by atoms with E-state index in [2.05, 4.69) is 9.97 Å². The Balaban J connectivity index is 2.34. The van der Waals surface area contributed by atoms with Crippen LogP contribution in [0.3, 0.4) is 0 Å². The predicted octanol–water partition coefficient (Wildman–Crippen LogP) is 3.17. The maximum absolute atomic E-state index is 12.2. The molecule has 2 aromatic heterocycles. The van der Waals surface area contributed by atoms with Crippen LogP contribution in [0.1, 0.15) is 0 Å². The summed E-state index contributed by atoms with van der Waals surface area (Å²) < 4.78 is 5.29. The van der Waals surface area contributed by atoms with E-state index in [0.717, 1.165) is 32.9 Å². The van der Waals surface area contributed by atoms with Crippen LogP contribution in [0.4, 0.5) is 0 Å². The second-order valence-corrected chi connectivity index (χ2v) is 4.79. The Kier molecular flexibility index (Phi) is 2.15. The summed E-state index contributed by atoms with van der Waals surface area (Å²) in [6.07, 6.45) is 0. The van der Waals surface area contributed by atoms with Crippen LogP contribution in [0.25, 0.3) is 32.7 Å². The minimum absolute atomic E-state index is 0.103. The van der Waals surface area contributed by atoms with Gasteiger partial charge in [0.2, 0.25) is 0 Å². The third-order valence-corrected chi connectivity index (χ3v) is 3.68. The molecule has 0 aliphatic carbocycles. The van der Waals surface area contributed by atoms with Crippen molar-refractivity contribution in [2.75, 3.05) is 7.11 Å². The summed E-state index contributed by atoms with van der Waals surface area (Å²) in [6, 6.07) is 13.6. The standard InChI is InChI=1S/C16H12N2O2/c1-20-9-6-7-13-11(8-9)14-10-4-2-3-5-12(10)17-15(14)16(19)18-13/h2-8,17H,1H3,(H,18,19). The van der Waals surface area contributed by atoms with Crippen molar-refractivity contribution in [1.29, 1.82) is 0 Å². The van der Waals surface area contributed by atoms with Crippen LogP contribution < -0.4 is 10.3 Å². The lowest BCUT2D eigenvalue weighted by atomic mass is 10.1. The van der Waals surface area contributed by atoms with E-state index < -0.39 is 0 Å². The van der Waals surface area contributed by atoms with E-state index >= 15 is 0 Å². The molecule has 0 aliphatic heterocycles. The summed E-state index contributed by atoms with van der Waals surface area (Å²) in [5.41, 5.74) is 2.28. The molecule has 0 radical (unpaired) electrons. The van der Waals surface area contributed by atoms with Crippen molar-refractivity contribution in [2.24, 2.45) is 0 Å². The number of rotatable bonds is 1. The van der Waals surface area contributed by atoms with E-state index in [0.29, 0.717) is 5.52 Å². The summed E-state index contributed by atoms with van der Waals surface area (Å²) in [7, 11) is 1.64. The molecule has 2 N–H and O–H groups in total. The molecule has 4 heteroatoms. The van der Waals surface area contributed by atoms with Gasteiger partial charge in [0, 0.05) is 27.2 Å². The summed E-state index contributed by atoms with van der Waals surface area (Å²) in [5, 5.41) is 2.97. The maximum atomic E-state index is 12.2. The lowest BCUT2D eigenvalue weighted by Crippen LogP contribution is -2.06. The van der Waals surface area contributed by atoms with Gasteiger partial charge in [-0.3, -0.25) is 4.79 Å². The summed E-state index contributed by atoms with van der Waals surface area (Å²) in [6.45, 7) is 0. The maximum Gasteiger partial charge on any atom is 0.272 e. The van der Waals surface area contributed by atoms with Gasteiger partial charge in [-0.25, -0.2) is 0 Å². The van der Waals surface area contributed by atoms with Crippen LogP contribution >= 0.6 is 0 Å². The molecule has 0 saturated carbocycles. The number of ether oxygens (including phenoxy) is 1. The van der Waals surface area contributed by atoms with Crippen molar-refractivity contribution in [1.82, 2.24) is 9.97 Å². The third kappa shape index (κ3) is 1.39. The molecule has 0 saturated heterocycles. The normalized spacial score (nSPS) is 11.4. The predicted molar refractivity (Wildman–Crippen MR) is 80.5 cm³/mol. The van der Waals surface area contributed by atoms with Crippen molar-refractivity contribution in [3.8, 4) is 5.75 Å². The first-order valence-electron chi connectivity index (χ1n) is 6.38. The molecule has 0 spiro atoms. The lowest BCUT2D eigenvalue weighted by molar-refractivity contribution is 0.415. The van der Waals surface area contributed by atoms with Gasteiger partial charge in [0.25, 0.3) is 5.56 Å². The molecule has 4 nitrogen and oxygen atoms in total. The van der Waals surface area contributed by atoms with Gasteiger partial charge in [0.15, 0.2) is 0 Å². The largest absolute Gasteiger partial charge is 0.497 e. The van der Waals surface area contributed by atoms with Gasteiger partial charge < -0.3 is 14.7 Å². The number of hydrogen-bond donors (Lipinski definition) is 2. The summed E-state index contributed by atoms with van der Waals surface area (Å²) in [5.74, 6) is 0.774. The molecule has 0 aliphatic rings. The third-order valence-electron chi connectivity index (χ3n) is 3.68. The number of H-pyrrole nitrogens is 2. The molecule has 0 bridgehead atoms. The Bertz CT molecular complexity index is 1010. The molecule has 0 atom stereocenters. The average Bonchev–Trinajstić information content (AvgIpc) is 2.87. The highest BCUT2D eigenvalue weighted by atomic mass is 16.5. The van der Waals surface area contributed by atoms with Crippen molar-refractivity contribution in [3.05, 3.63) is 52.8 Å². The zero-order valence-corrected chi connectivity index (χ0v) is 10.9. The van der Waals surface area contributed by atoms with Crippen molar-refractivity contribution in [2.45, 2.75) is 0 Å². The molecule has 0 fully saturated rings. The lowest BCUT2D eigenvalue weighted by Gasteiger charge is -2.04. The number of fused-ring (bicyclic) bond motifs is 5. The van der Waals surface area contributed by atoms with Gasteiger partial charge >= 0.3 is 0 Å². The molecule has 4 aromatic rings. The molecule has 0 amide bonds. The van der Waals surface area contributed by atoms with Gasteiger partial charge in [-0.05, 0) is 24.3 Å². The summed E-state index contributed by atoms with van der Waals surface area (Å²) >= 11 is 0. The van der Waals surface area contributed by atoms with Crippen LogP contribution in [0.15, 0.2) is 47.3 Å². The zero-order valence-electron chi connectivity index (χ0n) is 10.9. The van der Waals surface area contributed by atoms with Gasteiger partial charge in [-0.1, -0.05) is 18.2 Å². The Hall–Kier alpha value is -2.75. The fourth-order valence-electron chi connectivity index (χ4n) is 2.74. The monoisotopic (exact) mass is 264 g/mol. The Labute approximate surface area is 114 Å². The number of methoxy groups -OCH3 is 1. The van der Waals surface area contributed by atoms with E-state index in [1.165, 1.54) is 0 Å². The molecule has 0 unspecified atom stereocenters. The number of aromatic nitrogens is 2. The minimum Gasteiger partial charge on any atom is -0.497 e. The smallest absolute Gasteiger partial charge is 0.272 e. The van der Waals surface area contributed by atoms with Crippen LogP contribution in [0.2, 0.25) is 0 Å². The molecule has 98 valence electrons. The highest BCUT2D eigenvalue weighted by Gasteiger charge is 2.11. The molecule has 2 heterocycles. The first kappa shape index (κ1) is 11.1. The Morgan fingerprint density at radius 3 is 2.60 bits per heavy atom. The topological polar surface area (TPSA) is 57.9 Å². The Morgan fingerprint density at radius 2 is 1.75 bits per heavy atom. The quantitative estimate of drug-likeness (QED) is 0.554. The van der Waals surface area contributed by atoms with Crippen LogP contribution in [-0.4, -0.2) is 17.1 Å². The molecule has 20 heavy (non-hydrogen) atoms. The first-order chi connectivity index (χ1) is 9.78. The van der Waals surface area contributed by atoms with E-state index in [9.17, 15) is 4.79 Å². The van der Waals surface area contributed by atoms with Gasteiger partial charge in [-0.2, -0.15) is 0 Å². The first-order valence-corrected chi connectivity index (χ1v) is 6.38. The van der Waals surface area contributed by atoms with Crippen molar-refractivity contribution < 1.29 is 4.74 Å². The number of benzene rings is 2. The van der Waals surface area contributed by atoms with Crippen molar-refractivity contribution >= 4 is 32.7 Å². The van der Waals surface area contributed by atoms with E-state index in [1.54, 1.807) is 7.11 Å². The van der Waals surface area contributed by atoms with Crippen LogP contribution in [0.5, 0.6) is 5.75 Å². The molecule has 4 rings (SSSR count). The zero-order chi connectivity index (χ0) is 13.7. The fourth-order valence-corrected chi connectivity index (χ4v) is 2.74. The van der Waals surface area contributed by atoms with Crippen molar-refractivity contribution in [3.63, 3.8) is 0 Å². The fraction of sp³-hybridized carbons (Fsp3) is 0.0625. The van der Waals surface area contributed by atoms with E-state index in [1.807, 2.05) is 42.5 Å². The highest BCUT2D eigenvalue weighted by molar-refractivity contribution is 6.19. The molecular formula is C16H12N2O2. The SMILES string of the molecule is COc1ccc2[nH]c(=O)c3[nH]c4ccccc4c3c2c1. The number of nitrogens with one attached hydrogen (secondary N) is 2. The van der Waals surface area contributed by atoms with Gasteiger partial charge in [0.05, 0.1) is 7.11 Å². The van der Waals surface area contributed by atoms with E-state index in [4.69, 9.17) is 4.74 Å². The summed E-state index contributed by atoms with van der Waals surface area (Å²) in [4.78, 5) is 18.3. The molecular weight excluding hydrogens is 252 g/mol. The average molecular weight is 264 g/mol. The highest BCUT2D eigenvalue weighted by Crippen LogP contribution is 2.31. The number of para-hydroxylation sites is 1. The van der Waals surface area contributed by atoms with Crippen LogP contribution in [0, 0.1) is 0 Å². The second-order valence-electron chi connectivity index (χ2n) is 4.79. The van der Waals surface area contributed by atoms with Crippen LogP contribution in [-0.2, 0) is 0 Å². The van der Waals surface area contributed by atoms with Gasteiger partial charge in [0.1, 0.15) is 11.3 Å². The molecule has 2 aromatic carbocycles. The van der Waals surface area contributed by atoms with Gasteiger partial charge in [-0.15, -0.1) is 0 Å².